The maximum Gasteiger partial charge on any atom is 0.328 e. The first-order chi connectivity index (χ1) is 16.2. The summed E-state index contributed by atoms with van der Waals surface area (Å²) in [7, 11) is 3.41. The Bertz CT molecular complexity index is 1400. The third kappa shape index (κ3) is 3.22. The Morgan fingerprint density at radius 2 is 1.76 bits per heavy atom. The molecule has 0 bridgehead atoms. The lowest BCUT2D eigenvalue weighted by atomic mass is 9.98. The van der Waals surface area contributed by atoms with Gasteiger partial charge in [0.1, 0.15) is 5.66 Å². The summed E-state index contributed by atoms with van der Waals surface area (Å²) in [5.41, 5.74) is 2.47. The van der Waals surface area contributed by atoms with Crippen LogP contribution in [-0.2, 0) is 23.7 Å². The summed E-state index contributed by atoms with van der Waals surface area (Å²) in [6.07, 6.45) is 1.64. The summed E-state index contributed by atoms with van der Waals surface area (Å²) >= 11 is 0. The smallest absolute Gasteiger partial charge is 0.326 e. The number of nitrogens with zero attached hydrogens (tertiary/aromatic N) is 4. The fourth-order valence-corrected chi connectivity index (χ4v) is 5.25. The van der Waals surface area contributed by atoms with E-state index in [4.69, 9.17) is 0 Å². The van der Waals surface area contributed by atoms with Crippen molar-refractivity contribution in [3.8, 4) is 0 Å². The zero-order valence-corrected chi connectivity index (χ0v) is 19.5. The first-order valence-corrected chi connectivity index (χ1v) is 11.4. The average molecular weight is 462 g/mol. The number of rotatable bonds is 5. The Morgan fingerprint density at radius 3 is 2.56 bits per heavy atom. The van der Waals surface area contributed by atoms with Crippen molar-refractivity contribution in [1.82, 2.24) is 14.0 Å². The van der Waals surface area contributed by atoms with Gasteiger partial charge in [0.15, 0.2) is 0 Å². The Labute approximate surface area is 196 Å². The van der Waals surface area contributed by atoms with Crippen LogP contribution < -0.4 is 15.9 Å². The monoisotopic (exact) mass is 461 g/mol. The number of amides is 3. The molecule has 1 aromatic heterocycles. The molecule has 0 radical (unpaired) electrons. The van der Waals surface area contributed by atoms with Gasteiger partial charge in [-0.05, 0) is 50.1 Å². The predicted molar refractivity (Wildman–Crippen MR) is 129 cm³/mol. The molecule has 176 valence electrons. The average Bonchev–Trinajstić information content (AvgIpc) is 3.24. The molecule has 1 N–H and O–H groups in total. The normalized spacial score (nSPS) is 19.5. The third-order valence-electron chi connectivity index (χ3n) is 7.09. The van der Waals surface area contributed by atoms with Crippen LogP contribution in [-0.4, -0.2) is 44.0 Å². The van der Waals surface area contributed by atoms with Crippen LogP contribution in [0.25, 0.3) is 11.0 Å². The standard InChI is InChI=1S/C25H27N5O4/c1-25-13-12-22(32)30(25)18-8-5-4-7-17(18)23(33)29(25)14-6-9-21(31)26-16-10-11-19-20(15-16)28(3)24(34)27(19)2/h4-5,7-8,10-11,15H,6,9,12-14H2,1-3H3,(H,26,31). The highest BCUT2D eigenvalue weighted by atomic mass is 16.2. The molecule has 2 aliphatic heterocycles. The van der Waals surface area contributed by atoms with Crippen LogP contribution in [0.4, 0.5) is 11.4 Å². The highest BCUT2D eigenvalue weighted by molar-refractivity contribution is 6.10. The number of benzene rings is 2. The molecule has 3 aromatic rings. The fraction of sp³-hybridized carbons (Fsp3) is 0.360. The molecule has 1 fully saturated rings. The highest BCUT2D eigenvalue weighted by Crippen LogP contribution is 2.44. The van der Waals surface area contributed by atoms with Crippen molar-refractivity contribution in [2.24, 2.45) is 14.1 Å². The van der Waals surface area contributed by atoms with Crippen LogP contribution in [0.2, 0.25) is 0 Å². The Morgan fingerprint density at radius 1 is 1.03 bits per heavy atom. The molecule has 0 saturated carbocycles. The van der Waals surface area contributed by atoms with Gasteiger partial charge in [-0.3, -0.25) is 28.4 Å². The molecule has 0 spiro atoms. The van der Waals surface area contributed by atoms with Gasteiger partial charge in [0.25, 0.3) is 5.91 Å². The largest absolute Gasteiger partial charge is 0.328 e. The molecular weight excluding hydrogens is 434 g/mol. The van der Waals surface area contributed by atoms with E-state index >= 15 is 0 Å². The van der Waals surface area contributed by atoms with Crippen molar-refractivity contribution in [3.63, 3.8) is 0 Å². The lowest BCUT2D eigenvalue weighted by molar-refractivity contribution is -0.118. The Hall–Kier alpha value is -3.88. The van der Waals surface area contributed by atoms with E-state index in [1.807, 2.05) is 25.1 Å². The number of carbonyl (C=O) groups is 3. The second kappa shape index (κ2) is 7.86. The first kappa shape index (κ1) is 21.9. The highest BCUT2D eigenvalue weighted by Gasteiger charge is 2.52. The first-order valence-electron chi connectivity index (χ1n) is 11.4. The quantitative estimate of drug-likeness (QED) is 0.632. The van der Waals surface area contributed by atoms with Crippen molar-refractivity contribution in [2.45, 2.75) is 38.3 Å². The van der Waals surface area contributed by atoms with Crippen molar-refractivity contribution in [3.05, 3.63) is 58.5 Å². The lowest BCUT2D eigenvalue weighted by Gasteiger charge is -2.48. The topological polar surface area (TPSA) is 96.7 Å². The number of nitrogens with one attached hydrogen (secondary N) is 1. The van der Waals surface area contributed by atoms with E-state index in [0.29, 0.717) is 42.7 Å². The van der Waals surface area contributed by atoms with Crippen molar-refractivity contribution < 1.29 is 14.4 Å². The van der Waals surface area contributed by atoms with Crippen molar-refractivity contribution in [1.29, 1.82) is 0 Å². The molecule has 5 rings (SSSR count). The molecule has 9 heteroatoms. The minimum atomic E-state index is -0.720. The second-order valence-corrected chi connectivity index (χ2v) is 9.18. The van der Waals surface area contributed by atoms with E-state index in [1.165, 1.54) is 0 Å². The molecular formula is C25H27N5O4. The molecule has 1 saturated heterocycles. The van der Waals surface area contributed by atoms with E-state index in [9.17, 15) is 19.2 Å². The zero-order chi connectivity index (χ0) is 24.2. The number of fused-ring (bicyclic) bond motifs is 4. The number of carbonyl (C=O) groups excluding carboxylic acids is 3. The summed E-state index contributed by atoms with van der Waals surface area (Å²) in [4.78, 5) is 54.2. The third-order valence-corrected chi connectivity index (χ3v) is 7.09. The second-order valence-electron chi connectivity index (χ2n) is 9.18. The molecule has 9 nitrogen and oxygen atoms in total. The summed E-state index contributed by atoms with van der Waals surface area (Å²) < 4.78 is 3.10. The summed E-state index contributed by atoms with van der Waals surface area (Å²) in [5, 5.41) is 2.89. The minimum absolute atomic E-state index is 0.0101. The van der Waals surface area contributed by atoms with Gasteiger partial charge in [-0.25, -0.2) is 4.79 Å². The molecule has 3 heterocycles. The van der Waals surface area contributed by atoms with E-state index in [0.717, 1.165) is 11.0 Å². The molecule has 3 amide bonds. The minimum Gasteiger partial charge on any atom is -0.326 e. The molecule has 2 aliphatic rings. The number of anilines is 2. The Kier molecular flexibility index (Phi) is 5.07. The van der Waals surface area contributed by atoms with Crippen molar-refractivity contribution in [2.75, 3.05) is 16.8 Å². The SMILES string of the molecule is Cn1c(=O)n(C)c2cc(NC(=O)CCCN3C(=O)c4ccccc4N4C(=O)CCC34C)ccc21. The zero-order valence-electron chi connectivity index (χ0n) is 19.5. The van der Waals surface area contributed by atoms with Crippen molar-refractivity contribution >= 4 is 40.1 Å². The predicted octanol–water partition coefficient (Wildman–Crippen LogP) is 2.59. The molecule has 2 aromatic carbocycles. The van der Waals surface area contributed by atoms with Gasteiger partial charge in [0.2, 0.25) is 11.8 Å². The fourth-order valence-electron chi connectivity index (χ4n) is 5.25. The number of para-hydroxylation sites is 1. The van der Waals surface area contributed by atoms with Crippen LogP contribution in [0.3, 0.4) is 0 Å². The molecule has 34 heavy (non-hydrogen) atoms. The van der Waals surface area contributed by atoms with Gasteiger partial charge in [0, 0.05) is 39.2 Å². The number of imidazole rings is 1. The molecule has 1 unspecified atom stereocenters. The number of aromatic nitrogens is 2. The summed E-state index contributed by atoms with van der Waals surface area (Å²) in [5.74, 6) is -0.273. The van der Waals surface area contributed by atoms with Gasteiger partial charge in [0.05, 0.1) is 22.3 Å². The Balaban J connectivity index is 1.28. The van der Waals surface area contributed by atoms with Crippen LogP contribution in [0.5, 0.6) is 0 Å². The number of aryl methyl sites for hydroxylation is 2. The van der Waals surface area contributed by atoms with Crippen LogP contribution in [0.1, 0.15) is 43.0 Å². The van der Waals surface area contributed by atoms with Gasteiger partial charge >= 0.3 is 5.69 Å². The van der Waals surface area contributed by atoms with Gasteiger partial charge < -0.3 is 10.2 Å². The summed E-state index contributed by atoms with van der Waals surface area (Å²) in [6.45, 7) is 2.29. The maximum atomic E-state index is 13.3. The summed E-state index contributed by atoms with van der Waals surface area (Å²) in [6, 6.07) is 12.6. The van der Waals surface area contributed by atoms with Gasteiger partial charge in [-0.2, -0.15) is 0 Å². The lowest BCUT2D eigenvalue weighted by Crippen LogP contribution is -2.62. The van der Waals surface area contributed by atoms with Crippen LogP contribution in [0, 0.1) is 0 Å². The van der Waals surface area contributed by atoms with E-state index < -0.39 is 5.66 Å². The molecule has 0 aliphatic carbocycles. The van der Waals surface area contributed by atoms with E-state index in [-0.39, 0.29) is 29.8 Å². The van der Waals surface area contributed by atoms with Gasteiger partial charge in [-0.15, -0.1) is 0 Å². The van der Waals surface area contributed by atoms with E-state index in [1.54, 1.807) is 57.3 Å². The number of hydrogen-bond donors (Lipinski definition) is 1. The van der Waals surface area contributed by atoms with Crippen LogP contribution >= 0.6 is 0 Å². The maximum absolute atomic E-state index is 13.3. The van der Waals surface area contributed by atoms with Gasteiger partial charge in [-0.1, -0.05) is 12.1 Å². The molecule has 1 atom stereocenters. The van der Waals surface area contributed by atoms with Crippen LogP contribution in [0.15, 0.2) is 47.3 Å². The van der Waals surface area contributed by atoms with E-state index in [2.05, 4.69) is 5.32 Å². The number of hydrogen-bond acceptors (Lipinski definition) is 4.